The minimum absolute atomic E-state index is 0.254. The molecule has 0 unspecified atom stereocenters. The highest BCUT2D eigenvalue weighted by atomic mass is 35.5. The standard InChI is InChI=1S/C8H11F3N4O.C7H10N2O.3C7H10N2.C6H7ClN2.C6H9N3O.2C6H9N3/c1-5-12-6(15(2)3)14-7(13-5)16-4-8(9,10)11;1-5-4-7(10-3)9-6(2)8-5;3*1-5-4-6(2)9-7(3)8-5;1-4-3-6(7)9-5(2)8-4;1-4-7-5(2)9-6(8-4)10-3;2*1-4-7-5(2)9-6(3)8-4/h4H2,1-3H3;4H,1-3H3;3*4H,1-3H3;3H,1-2H3;1-3H3;2*1-3H3. The van der Waals surface area contributed by atoms with E-state index >= 15 is 0 Å². The van der Waals surface area contributed by atoms with E-state index in [-0.39, 0.29) is 12.0 Å². The molecule has 0 bridgehead atoms. The van der Waals surface area contributed by atoms with Crippen LogP contribution in [0.5, 0.6) is 17.9 Å². The molecule has 9 aromatic heterocycles. The van der Waals surface area contributed by atoms with Gasteiger partial charge in [0.1, 0.15) is 86.7 Å². The summed E-state index contributed by atoms with van der Waals surface area (Å²) in [5, 5.41) is 0.514. The van der Waals surface area contributed by atoms with Gasteiger partial charge in [-0.3, -0.25) is 0 Å². The fourth-order valence-corrected chi connectivity index (χ4v) is 7.53. The lowest BCUT2D eigenvalue weighted by Crippen LogP contribution is -2.21. The molecule has 0 fully saturated rings. The molecule has 0 atom stereocenters. The third-order valence-electron chi connectivity index (χ3n) is 9.81. The number of anilines is 1. The Bertz CT molecular complexity index is 2880. The normalized spacial score (nSPS) is 9.93. The van der Waals surface area contributed by atoms with Crippen LogP contribution in [0.1, 0.15) is 127 Å². The largest absolute Gasteiger partial charge is 0.481 e. The van der Waals surface area contributed by atoms with Gasteiger partial charge in [-0.25, -0.2) is 79.7 Å². The van der Waals surface area contributed by atoms with Crippen molar-refractivity contribution in [1.82, 2.24) is 110 Å². The molecule has 26 nitrogen and oxygen atoms in total. The number of hydrogen-bond donors (Lipinski definition) is 0. The number of halogens is 4. The average molecular weight is 1270 g/mol. The second-order valence-electron chi connectivity index (χ2n) is 19.7. The zero-order valence-corrected chi connectivity index (χ0v) is 57.4. The smallest absolute Gasteiger partial charge is 0.422 e. The highest BCUT2D eigenvalue weighted by Crippen LogP contribution is 2.17. The predicted molar refractivity (Wildman–Crippen MR) is 338 cm³/mol. The quantitative estimate of drug-likeness (QED) is 0.145. The minimum atomic E-state index is -4.40. The molecule has 30 heteroatoms. The predicted octanol–water partition coefficient (Wildman–Crippen LogP) is 10.3. The maximum absolute atomic E-state index is 11.9. The van der Waals surface area contributed by atoms with Crippen molar-refractivity contribution in [3.63, 3.8) is 0 Å². The van der Waals surface area contributed by atoms with Gasteiger partial charge in [-0.2, -0.15) is 43.1 Å². The number of aryl methyl sites for hydroxylation is 22. The Morgan fingerprint density at radius 3 is 0.822 bits per heavy atom. The summed E-state index contributed by atoms with van der Waals surface area (Å²) >= 11 is 5.60. The maximum atomic E-state index is 11.9. The van der Waals surface area contributed by atoms with Crippen molar-refractivity contribution >= 4 is 17.5 Å². The summed E-state index contributed by atoms with van der Waals surface area (Å²) in [5.41, 5.74) is 8.09. The van der Waals surface area contributed by atoms with Crippen LogP contribution < -0.4 is 19.1 Å². The second kappa shape index (κ2) is 39.6. The number of nitrogens with zero attached hydrogens (tertiary/aromatic N) is 23. The van der Waals surface area contributed by atoms with Gasteiger partial charge in [0.15, 0.2) is 6.61 Å². The molecule has 0 saturated carbocycles. The summed E-state index contributed by atoms with van der Waals surface area (Å²) in [6.07, 6.45) is -4.40. The van der Waals surface area contributed by atoms with Crippen LogP contribution in [0.25, 0.3) is 0 Å². The van der Waals surface area contributed by atoms with Gasteiger partial charge < -0.3 is 19.1 Å². The first-order valence-corrected chi connectivity index (χ1v) is 28.0. The van der Waals surface area contributed by atoms with Gasteiger partial charge in [0.05, 0.1) is 14.2 Å². The molecule has 0 aliphatic heterocycles. The molecule has 0 N–H and O–H groups in total. The number of hydrogen-bond acceptors (Lipinski definition) is 26. The van der Waals surface area contributed by atoms with Crippen molar-refractivity contribution in [3.8, 4) is 17.9 Å². The van der Waals surface area contributed by atoms with E-state index in [9.17, 15) is 13.2 Å². The Morgan fingerprint density at radius 1 is 0.311 bits per heavy atom. The Labute approximate surface area is 531 Å². The molecular weight excluding hydrogens is 1180 g/mol. The first kappa shape index (κ1) is 78.7. The zero-order chi connectivity index (χ0) is 68.6. The van der Waals surface area contributed by atoms with E-state index < -0.39 is 12.8 Å². The molecule has 0 saturated heterocycles. The molecular formula is C60H85ClF3N23O3. The number of methoxy groups -OCH3 is 2. The van der Waals surface area contributed by atoms with E-state index in [1.807, 2.05) is 150 Å². The molecule has 0 aromatic carbocycles. The van der Waals surface area contributed by atoms with E-state index in [1.165, 1.54) is 7.11 Å². The van der Waals surface area contributed by atoms with Crippen LogP contribution in [0.4, 0.5) is 19.1 Å². The minimum Gasteiger partial charge on any atom is -0.481 e. The summed E-state index contributed by atoms with van der Waals surface area (Å²) in [5.74, 6) is 11.3. The van der Waals surface area contributed by atoms with Crippen molar-refractivity contribution in [2.24, 2.45) is 0 Å². The van der Waals surface area contributed by atoms with E-state index in [0.29, 0.717) is 34.5 Å². The molecule has 0 radical (unpaired) electrons. The topological polar surface area (TPSA) is 315 Å². The molecule has 9 rings (SSSR count). The number of aromatic nitrogens is 22. The molecule has 9 heterocycles. The van der Waals surface area contributed by atoms with Gasteiger partial charge in [0.2, 0.25) is 11.8 Å². The van der Waals surface area contributed by atoms with Gasteiger partial charge >= 0.3 is 18.2 Å². The van der Waals surface area contributed by atoms with Crippen molar-refractivity contribution in [3.05, 3.63) is 163 Å². The maximum Gasteiger partial charge on any atom is 0.422 e. The molecule has 486 valence electrons. The lowest BCUT2D eigenvalue weighted by Gasteiger charge is -2.12. The lowest BCUT2D eigenvalue weighted by atomic mass is 10.3. The first-order valence-electron chi connectivity index (χ1n) is 27.7. The van der Waals surface area contributed by atoms with E-state index in [4.69, 9.17) is 21.1 Å². The molecule has 0 aliphatic carbocycles. The van der Waals surface area contributed by atoms with Gasteiger partial charge in [0, 0.05) is 65.7 Å². The number of ether oxygens (including phenoxy) is 3. The molecule has 0 spiro atoms. The highest BCUT2D eigenvalue weighted by Gasteiger charge is 2.29. The van der Waals surface area contributed by atoms with Crippen LogP contribution in [0, 0.1) is 152 Å². The fourth-order valence-electron chi connectivity index (χ4n) is 7.25. The van der Waals surface area contributed by atoms with Gasteiger partial charge in [-0.15, -0.1) is 0 Å². The van der Waals surface area contributed by atoms with Crippen LogP contribution in [-0.4, -0.2) is 151 Å². The van der Waals surface area contributed by atoms with Gasteiger partial charge in [-0.1, -0.05) is 11.6 Å². The van der Waals surface area contributed by atoms with Crippen LogP contribution in [-0.2, 0) is 0 Å². The first-order chi connectivity index (χ1) is 41.8. The second-order valence-corrected chi connectivity index (χ2v) is 20.1. The molecule has 0 amide bonds. The third kappa shape index (κ3) is 37.4. The Kier molecular flexibility index (Phi) is 34.6. The van der Waals surface area contributed by atoms with Crippen LogP contribution in [0.3, 0.4) is 0 Å². The number of rotatable bonds is 5. The van der Waals surface area contributed by atoms with E-state index in [2.05, 4.69) is 114 Å². The molecule has 90 heavy (non-hydrogen) atoms. The summed E-state index contributed by atoms with van der Waals surface area (Å²) in [6, 6.07) is 9.48. The Hall–Kier alpha value is -9.28. The van der Waals surface area contributed by atoms with Crippen LogP contribution in [0.2, 0.25) is 5.15 Å². The summed E-state index contributed by atoms with van der Waals surface area (Å²) in [4.78, 5) is 89.5. The Balaban J connectivity index is 0.000000510. The third-order valence-corrected chi connectivity index (χ3v) is 10.0. The lowest BCUT2D eigenvalue weighted by molar-refractivity contribution is -0.154. The number of alkyl halides is 3. The summed E-state index contributed by atoms with van der Waals surface area (Å²) in [6.45, 7) is 39.9. The average Bonchev–Trinajstić information content (AvgIpc) is 3.56. The van der Waals surface area contributed by atoms with Crippen LogP contribution >= 0.6 is 11.6 Å². The Morgan fingerprint density at radius 2 is 0.567 bits per heavy atom. The zero-order valence-electron chi connectivity index (χ0n) is 56.6. The van der Waals surface area contributed by atoms with Crippen LogP contribution in [0.15, 0.2) is 30.3 Å². The fraction of sp³-hybridized carbons (Fsp3) is 0.467. The van der Waals surface area contributed by atoms with Crippen molar-refractivity contribution in [2.45, 2.75) is 158 Å². The van der Waals surface area contributed by atoms with Crippen molar-refractivity contribution in [1.29, 1.82) is 0 Å². The summed E-state index contributed by atoms with van der Waals surface area (Å²) < 4.78 is 49.8. The molecule has 9 aromatic rings. The van der Waals surface area contributed by atoms with Gasteiger partial charge in [0.25, 0.3) is 0 Å². The van der Waals surface area contributed by atoms with Crippen molar-refractivity contribution in [2.75, 3.05) is 39.8 Å². The SMILES string of the molecule is COc1cc(C)nc(C)n1.COc1nc(C)nc(C)n1.Cc1cc(C)nc(C)n1.Cc1cc(C)nc(C)n1.Cc1cc(C)nc(C)n1.Cc1cc(Cl)nc(C)n1.Cc1nc(C)nc(C)n1.Cc1nc(C)nc(C)n1.Cc1nc(OCC(F)(F)F)nc(N(C)C)n1. The summed E-state index contributed by atoms with van der Waals surface area (Å²) in [7, 11) is 6.47. The monoisotopic (exact) mass is 1270 g/mol. The highest BCUT2D eigenvalue weighted by molar-refractivity contribution is 6.29. The molecule has 0 aliphatic rings. The van der Waals surface area contributed by atoms with E-state index in [1.54, 1.807) is 59.0 Å². The van der Waals surface area contributed by atoms with Gasteiger partial charge in [-0.05, 0) is 177 Å². The van der Waals surface area contributed by atoms with E-state index in [0.717, 1.165) is 110 Å². The van der Waals surface area contributed by atoms with Crippen molar-refractivity contribution < 1.29 is 27.4 Å².